The van der Waals surface area contributed by atoms with Crippen molar-refractivity contribution in [2.45, 2.75) is 0 Å². The molecule has 0 radical (unpaired) electrons. The van der Waals surface area contributed by atoms with Gasteiger partial charge in [0.25, 0.3) is 0 Å². The number of rotatable bonds is 0. The van der Waals surface area contributed by atoms with Gasteiger partial charge in [-0.1, -0.05) is 0 Å². The van der Waals surface area contributed by atoms with Crippen LogP contribution in [0.5, 0.6) is 0 Å². The first-order valence-electron chi connectivity index (χ1n) is 0.775. The molecule has 74 valence electrons. The summed E-state index contributed by atoms with van der Waals surface area (Å²) in [7, 11) is -2.17. The van der Waals surface area contributed by atoms with Gasteiger partial charge in [-0.15, -0.1) is 0 Å². The van der Waals surface area contributed by atoms with E-state index in [2.05, 4.69) is 0 Å². The van der Waals surface area contributed by atoms with Gasteiger partial charge in [-0.2, -0.15) is 0 Å². The molecule has 11 heavy (non-hydrogen) atoms. The van der Waals surface area contributed by atoms with Crippen molar-refractivity contribution >= 4 is 36.9 Å². The van der Waals surface area contributed by atoms with Crippen molar-refractivity contribution in [2.24, 2.45) is 0 Å². The molecule has 0 bridgehead atoms. The van der Waals surface area contributed by atoms with Gasteiger partial charge in [0, 0.05) is 0 Å². The molecule has 0 fully saturated rings. The summed E-state index contributed by atoms with van der Waals surface area (Å²) < 4.78 is 0. The molecule has 0 spiro atoms. The molecule has 0 unspecified atom stereocenters. The molecule has 0 amide bonds. The van der Waals surface area contributed by atoms with E-state index in [9.17, 15) is 0 Å². The Hall–Kier alpha value is 0.705. The summed E-state index contributed by atoms with van der Waals surface area (Å²) in [4.78, 5) is 0. The summed E-state index contributed by atoms with van der Waals surface area (Å²) in [6.07, 6.45) is 0. The van der Waals surface area contributed by atoms with Gasteiger partial charge < -0.3 is 47.9 Å². The van der Waals surface area contributed by atoms with Crippen molar-refractivity contribution in [2.75, 3.05) is 0 Å². The maximum atomic E-state index is 7.17. The minimum absolute atomic E-state index is 0. The van der Waals surface area contributed by atoms with Gasteiger partial charge in [0.2, 0.25) is 0 Å². The molecule has 0 saturated heterocycles. The molecule has 0 rings (SSSR count). The molecule has 0 saturated carbocycles. The van der Waals surface area contributed by atoms with E-state index < -0.39 is 7.32 Å². The van der Waals surface area contributed by atoms with E-state index in [-0.39, 0.29) is 62.4 Å². The maximum absolute atomic E-state index is 7.17. The molecule has 9 nitrogen and oxygen atoms in total. The van der Waals surface area contributed by atoms with Gasteiger partial charge in [0.15, 0.2) is 0 Å². The number of hydrogen-bond acceptors (Lipinski definition) is 3. The van der Waals surface area contributed by atoms with Crippen LogP contribution in [-0.2, 0) is 0 Å². The molecule has 0 atom stereocenters. The Morgan fingerprint density at radius 1 is 0.545 bits per heavy atom. The quantitative estimate of drug-likeness (QED) is 0.317. The van der Waals surface area contributed by atoms with Crippen molar-refractivity contribution in [1.82, 2.24) is 0 Å². The molecule has 0 aliphatic rings. The molecule has 0 aliphatic carbocycles. The molecule has 11 heteroatoms. The summed E-state index contributed by atoms with van der Waals surface area (Å²) in [5.74, 6) is 0. The summed E-state index contributed by atoms with van der Waals surface area (Å²) in [6.45, 7) is 0. The Morgan fingerprint density at radius 2 is 0.545 bits per heavy atom. The molecule has 15 N–H and O–H groups in total. The molecule has 0 aliphatic heterocycles. The molecular weight excluding hydrogens is 178 g/mol. The van der Waals surface area contributed by atoms with Gasteiger partial charge in [-0.25, -0.2) is 0 Å². The fraction of sp³-hybridized carbons (Fsp3) is 0. The third-order valence-corrected chi connectivity index (χ3v) is 0. The topological polar surface area (TPSA) is 250 Å². The second-order valence-electron chi connectivity index (χ2n) is 0.346. The fourth-order valence-corrected chi connectivity index (χ4v) is 0. The summed E-state index contributed by atoms with van der Waals surface area (Å²) in [5, 5.41) is 21.5. The van der Waals surface area contributed by atoms with Crippen molar-refractivity contribution in [3.63, 3.8) is 0 Å². The predicted molar refractivity (Wildman–Crippen MR) is 41.2 cm³/mol. The first-order chi connectivity index (χ1) is 1.73. The Kier molecular flexibility index (Phi) is 653. The molecular formula is H16BNaO9. The van der Waals surface area contributed by atoms with E-state index >= 15 is 0 Å². The van der Waals surface area contributed by atoms with Crippen LogP contribution in [0.4, 0.5) is 0 Å². The van der Waals surface area contributed by atoms with E-state index in [0.717, 1.165) is 0 Å². The van der Waals surface area contributed by atoms with Crippen molar-refractivity contribution in [1.29, 1.82) is 0 Å². The first-order valence-corrected chi connectivity index (χ1v) is 0.775. The standard InChI is InChI=1S/BH3O3.Na.6H2O.H/c2-1(3)4;;;;;;;;/h2-4H;;6*1H2;. The molecule has 0 heterocycles. The second-order valence-corrected chi connectivity index (χ2v) is 0.346. The third kappa shape index (κ3) is 1630. The average molecular weight is 194 g/mol. The Labute approximate surface area is 85.0 Å². The first kappa shape index (κ1) is 97.7. The fourth-order valence-electron chi connectivity index (χ4n) is 0. The second kappa shape index (κ2) is 73.5. The molecule has 0 aromatic rings. The zero-order valence-corrected chi connectivity index (χ0v) is 4.92. The van der Waals surface area contributed by atoms with E-state index in [1.807, 2.05) is 0 Å². The van der Waals surface area contributed by atoms with Crippen LogP contribution in [-0.4, -0.2) is 84.8 Å². The number of hydrogen-bond donors (Lipinski definition) is 3. The van der Waals surface area contributed by atoms with Gasteiger partial charge in [0.05, 0.1) is 0 Å². The normalized spacial score (nSPS) is 2.45. The van der Waals surface area contributed by atoms with Gasteiger partial charge in [0.1, 0.15) is 0 Å². The third-order valence-electron chi connectivity index (χ3n) is 0. The zero-order chi connectivity index (χ0) is 3.58. The van der Waals surface area contributed by atoms with Crippen LogP contribution in [0.1, 0.15) is 0 Å². The summed E-state index contributed by atoms with van der Waals surface area (Å²) >= 11 is 0. The van der Waals surface area contributed by atoms with E-state index in [1.165, 1.54) is 0 Å². The van der Waals surface area contributed by atoms with Crippen LogP contribution in [0.2, 0.25) is 0 Å². The minimum atomic E-state index is -2.17. The van der Waals surface area contributed by atoms with E-state index in [4.69, 9.17) is 15.1 Å². The Balaban J connectivity index is -0.00000000214. The van der Waals surface area contributed by atoms with Gasteiger partial charge >= 0.3 is 36.9 Å². The predicted octanol–water partition coefficient (Wildman–Crippen LogP) is -7.65. The van der Waals surface area contributed by atoms with Crippen LogP contribution in [0.25, 0.3) is 0 Å². The van der Waals surface area contributed by atoms with Crippen molar-refractivity contribution in [3.8, 4) is 0 Å². The van der Waals surface area contributed by atoms with Gasteiger partial charge in [-0.05, 0) is 0 Å². The summed E-state index contributed by atoms with van der Waals surface area (Å²) in [6, 6.07) is 0. The SMILES string of the molecule is O.O.O.O.O.O.OB(O)O.[NaH]. The Morgan fingerprint density at radius 3 is 0.545 bits per heavy atom. The monoisotopic (exact) mass is 194 g/mol. The van der Waals surface area contributed by atoms with Gasteiger partial charge in [-0.3, -0.25) is 0 Å². The Bertz CT molecular complexity index is 14.3. The van der Waals surface area contributed by atoms with Crippen LogP contribution in [0.3, 0.4) is 0 Å². The van der Waals surface area contributed by atoms with Crippen LogP contribution in [0.15, 0.2) is 0 Å². The summed E-state index contributed by atoms with van der Waals surface area (Å²) in [5.41, 5.74) is 0. The molecule has 0 aromatic heterocycles. The van der Waals surface area contributed by atoms with Crippen LogP contribution >= 0.6 is 0 Å². The van der Waals surface area contributed by atoms with Crippen molar-refractivity contribution in [3.05, 3.63) is 0 Å². The van der Waals surface area contributed by atoms with Crippen LogP contribution in [0, 0.1) is 0 Å². The van der Waals surface area contributed by atoms with E-state index in [0.29, 0.717) is 0 Å². The average Bonchev–Trinajstić information content (AvgIpc) is 0.811. The van der Waals surface area contributed by atoms with Crippen LogP contribution < -0.4 is 0 Å². The zero-order valence-electron chi connectivity index (χ0n) is 4.92. The van der Waals surface area contributed by atoms with E-state index in [1.54, 1.807) is 0 Å². The molecule has 0 aromatic carbocycles. The van der Waals surface area contributed by atoms with Crippen molar-refractivity contribution < 1.29 is 47.9 Å².